The zero-order chi connectivity index (χ0) is 13.8. The van der Waals surface area contributed by atoms with E-state index in [4.69, 9.17) is 10.9 Å². The highest BCUT2D eigenvalue weighted by atomic mass is 32.1. The van der Waals surface area contributed by atoms with Crippen LogP contribution in [0.4, 0.5) is 10.1 Å². The summed E-state index contributed by atoms with van der Waals surface area (Å²) in [4.78, 5) is 11.9. The van der Waals surface area contributed by atoms with Crippen LogP contribution in [0.1, 0.15) is 15.2 Å². The number of hydrogen-bond donors (Lipinski definition) is 3. The summed E-state index contributed by atoms with van der Waals surface area (Å²) in [7, 11) is 0. The number of carbonyl (C=O) groups is 1. The standard InChI is InChI=1S/C10H8FN5O2S/c11-6-3-5(9(12)15-18)1-2-7(6)14-10(17)8-4-13-16-19-8/h1-4,18H,(H2,12,15)(H,14,17). The summed E-state index contributed by atoms with van der Waals surface area (Å²) in [6, 6.07) is 3.78. The van der Waals surface area contributed by atoms with Crippen LogP contribution in [0, 0.1) is 5.82 Å². The molecule has 0 radical (unpaired) electrons. The van der Waals surface area contributed by atoms with Gasteiger partial charge in [0.1, 0.15) is 10.7 Å². The molecular formula is C10H8FN5O2S. The van der Waals surface area contributed by atoms with Gasteiger partial charge in [-0.15, -0.1) is 5.10 Å². The largest absolute Gasteiger partial charge is 0.409 e. The molecule has 0 saturated heterocycles. The van der Waals surface area contributed by atoms with Crippen molar-refractivity contribution in [1.29, 1.82) is 0 Å². The maximum absolute atomic E-state index is 13.7. The predicted octanol–water partition coefficient (Wildman–Crippen LogP) is 1.02. The topological polar surface area (TPSA) is 113 Å². The minimum atomic E-state index is -0.699. The molecule has 98 valence electrons. The Morgan fingerprint density at radius 1 is 1.53 bits per heavy atom. The van der Waals surface area contributed by atoms with Gasteiger partial charge >= 0.3 is 0 Å². The maximum atomic E-state index is 13.7. The number of rotatable bonds is 3. The number of aromatic nitrogens is 2. The molecule has 0 aliphatic heterocycles. The first-order chi connectivity index (χ1) is 9.11. The van der Waals surface area contributed by atoms with Crippen molar-refractivity contribution in [3.8, 4) is 0 Å². The minimum absolute atomic E-state index is 0.0205. The summed E-state index contributed by atoms with van der Waals surface area (Å²) in [5.74, 6) is -1.43. The predicted molar refractivity (Wildman–Crippen MR) is 66.8 cm³/mol. The molecule has 2 rings (SSSR count). The van der Waals surface area contributed by atoms with Gasteiger partial charge in [0, 0.05) is 5.56 Å². The Labute approximate surface area is 110 Å². The fourth-order valence-corrected chi connectivity index (χ4v) is 1.70. The molecule has 0 atom stereocenters. The van der Waals surface area contributed by atoms with Gasteiger partial charge < -0.3 is 16.3 Å². The third-order valence-corrected chi connectivity index (χ3v) is 2.87. The van der Waals surface area contributed by atoms with Crippen molar-refractivity contribution in [2.24, 2.45) is 10.9 Å². The number of oxime groups is 1. The Morgan fingerprint density at radius 2 is 2.32 bits per heavy atom. The van der Waals surface area contributed by atoms with Crippen molar-refractivity contribution in [2.45, 2.75) is 0 Å². The number of amides is 1. The normalized spacial score (nSPS) is 11.3. The van der Waals surface area contributed by atoms with Crippen LogP contribution in [0.3, 0.4) is 0 Å². The van der Waals surface area contributed by atoms with Gasteiger partial charge in [0.05, 0.1) is 11.9 Å². The van der Waals surface area contributed by atoms with Crippen LogP contribution in [0.2, 0.25) is 0 Å². The second-order valence-corrected chi connectivity index (χ2v) is 4.20. The van der Waals surface area contributed by atoms with Gasteiger partial charge in [0.25, 0.3) is 5.91 Å². The van der Waals surface area contributed by atoms with Gasteiger partial charge in [-0.2, -0.15) is 0 Å². The third kappa shape index (κ3) is 2.83. The molecule has 0 bridgehead atoms. The highest BCUT2D eigenvalue weighted by Gasteiger charge is 2.12. The summed E-state index contributed by atoms with van der Waals surface area (Å²) < 4.78 is 17.2. The highest BCUT2D eigenvalue weighted by Crippen LogP contribution is 2.17. The van der Waals surface area contributed by atoms with Gasteiger partial charge in [-0.1, -0.05) is 9.64 Å². The van der Waals surface area contributed by atoms with Gasteiger partial charge in [-0.05, 0) is 29.7 Å². The molecule has 1 aromatic heterocycles. The van der Waals surface area contributed by atoms with Crippen LogP contribution in [-0.4, -0.2) is 26.5 Å². The first kappa shape index (κ1) is 12.9. The van der Waals surface area contributed by atoms with Crippen LogP contribution in [-0.2, 0) is 0 Å². The van der Waals surface area contributed by atoms with E-state index in [1.54, 1.807) is 0 Å². The SMILES string of the molecule is N/C(=N/O)c1ccc(NC(=O)c2cnns2)c(F)c1. The number of hydrogen-bond acceptors (Lipinski definition) is 6. The number of benzene rings is 1. The molecule has 1 heterocycles. The zero-order valence-corrected chi connectivity index (χ0v) is 10.2. The first-order valence-corrected chi connectivity index (χ1v) is 5.75. The lowest BCUT2D eigenvalue weighted by molar-refractivity contribution is 0.103. The molecule has 1 amide bonds. The molecule has 0 aliphatic carbocycles. The average Bonchev–Trinajstić information content (AvgIpc) is 2.94. The number of nitrogens with zero attached hydrogens (tertiary/aromatic N) is 3. The van der Waals surface area contributed by atoms with Crippen LogP contribution >= 0.6 is 11.5 Å². The van der Waals surface area contributed by atoms with Gasteiger partial charge in [0.15, 0.2) is 5.84 Å². The molecule has 0 spiro atoms. The van der Waals surface area contributed by atoms with E-state index < -0.39 is 11.7 Å². The number of amidine groups is 1. The fraction of sp³-hybridized carbons (Fsp3) is 0. The van der Waals surface area contributed by atoms with E-state index >= 15 is 0 Å². The Morgan fingerprint density at radius 3 is 2.89 bits per heavy atom. The van der Waals surface area contributed by atoms with Crippen molar-refractivity contribution in [1.82, 2.24) is 9.59 Å². The summed E-state index contributed by atoms with van der Waals surface area (Å²) in [6.45, 7) is 0. The molecular weight excluding hydrogens is 273 g/mol. The van der Waals surface area contributed by atoms with E-state index in [1.165, 1.54) is 18.3 Å². The molecule has 0 unspecified atom stereocenters. The quantitative estimate of drug-likeness (QED) is 0.336. The Bertz CT molecular complexity index is 629. The molecule has 2 aromatic rings. The molecule has 1 aromatic carbocycles. The number of nitrogens with two attached hydrogens (primary N) is 1. The fourth-order valence-electron chi connectivity index (χ4n) is 1.28. The number of nitrogens with one attached hydrogen (secondary N) is 1. The van der Waals surface area contributed by atoms with E-state index in [9.17, 15) is 9.18 Å². The lowest BCUT2D eigenvalue weighted by Crippen LogP contribution is -2.15. The Hall–Kier alpha value is -2.55. The molecule has 0 saturated carbocycles. The van der Waals surface area contributed by atoms with E-state index in [1.807, 2.05) is 0 Å². The lowest BCUT2D eigenvalue weighted by Gasteiger charge is -2.06. The van der Waals surface area contributed by atoms with E-state index in [2.05, 4.69) is 20.1 Å². The third-order valence-electron chi connectivity index (χ3n) is 2.21. The van der Waals surface area contributed by atoms with Gasteiger partial charge in [-0.3, -0.25) is 4.79 Å². The number of halogens is 1. The summed E-state index contributed by atoms with van der Waals surface area (Å²) in [6.07, 6.45) is 1.28. The smallest absolute Gasteiger partial charge is 0.269 e. The molecule has 19 heavy (non-hydrogen) atoms. The molecule has 4 N–H and O–H groups in total. The zero-order valence-electron chi connectivity index (χ0n) is 9.37. The minimum Gasteiger partial charge on any atom is -0.409 e. The van der Waals surface area contributed by atoms with E-state index in [0.29, 0.717) is 0 Å². The van der Waals surface area contributed by atoms with E-state index in [0.717, 1.165) is 17.6 Å². The van der Waals surface area contributed by atoms with Crippen molar-refractivity contribution in [3.63, 3.8) is 0 Å². The summed E-state index contributed by atoms with van der Waals surface area (Å²) >= 11 is 0.900. The summed E-state index contributed by atoms with van der Waals surface area (Å²) in [5.41, 5.74) is 5.51. The summed E-state index contributed by atoms with van der Waals surface area (Å²) in [5, 5.41) is 17.1. The number of carbonyl (C=O) groups excluding carboxylic acids is 1. The molecule has 0 aliphatic rings. The maximum Gasteiger partial charge on any atom is 0.269 e. The number of anilines is 1. The van der Waals surface area contributed by atoms with Crippen LogP contribution in [0.5, 0.6) is 0 Å². The Balaban J connectivity index is 2.20. The van der Waals surface area contributed by atoms with Crippen LogP contribution in [0.15, 0.2) is 29.6 Å². The van der Waals surface area contributed by atoms with Crippen LogP contribution < -0.4 is 11.1 Å². The van der Waals surface area contributed by atoms with Crippen molar-refractivity contribution < 1.29 is 14.4 Å². The van der Waals surface area contributed by atoms with Crippen molar-refractivity contribution in [2.75, 3.05) is 5.32 Å². The molecule has 0 fully saturated rings. The van der Waals surface area contributed by atoms with Gasteiger partial charge in [-0.25, -0.2) is 4.39 Å². The van der Waals surface area contributed by atoms with Crippen molar-refractivity contribution >= 4 is 29.0 Å². The Kier molecular flexibility index (Phi) is 3.66. The van der Waals surface area contributed by atoms with E-state index in [-0.39, 0.29) is 22.0 Å². The van der Waals surface area contributed by atoms with Crippen LogP contribution in [0.25, 0.3) is 0 Å². The lowest BCUT2D eigenvalue weighted by atomic mass is 10.2. The second kappa shape index (κ2) is 5.40. The monoisotopic (exact) mass is 281 g/mol. The molecule has 9 heteroatoms. The van der Waals surface area contributed by atoms with Gasteiger partial charge in [0.2, 0.25) is 0 Å². The van der Waals surface area contributed by atoms with Crippen molar-refractivity contribution in [3.05, 3.63) is 40.7 Å². The average molecular weight is 281 g/mol. The molecule has 7 nitrogen and oxygen atoms in total. The first-order valence-electron chi connectivity index (χ1n) is 4.98. The second-order valence-electron chi connectivity index (χ2n) is 3.42. The highest BCUT2D eigenvalue weighted by molar-refractivity contribution is 7.07.